The predicted molar refractivity (Wildman–Crippen MR) is 76.0 cm³/mol. The molecule has 3 heteroatoms. The Morgan fingerprint density at radius 3 is 2.56 bits per heavy atom. The van der Waals surface area contributed by atoms with Crippen molar-refractivity contribution in [3.05, 3.63) is 46.4 Å². The van der Waals surface area contributed by atoms with Crippen LogP contribution in [0.3, 0.4) is 0 Å². The van der Waals surface area contributed by atoms with Crippen LogP contribution in [0.1, 0.15) is 30.8 Å². The van der Waals surface area contributed by atoms with Crippen LogP contribution in [0.2, 0.25) is 5.15 Å². The van der Waals surface area contributed by atoms with E-state index in [0.29, 0.717) is 5.15 Å². The van der Waals surface area contributed by atoms with Crippen molar-refractivity contribution in [2.75, 3.05) is 0 Å². The molecule has 0 aliphatic heterocycles. The lowest BCUT2D eigenvalue weighted by Crippen LogP contribution is -1.99. The molecular formula is C15H17ClN2. The molecule has 2 aromatic rings. The largest absolute Gasteiger partial charge is 0.233 e. The molecule has 0 amide bonds. The van der Waals surface area contributed by atoms with Gasteiger partial charge in [-0.2, -0.15) is 0 Å². The summed E-state index contributed by atoms with van der Waals surface area (Å²) in [5.74, 6) is 0.794. The molecule has 2 nitrogen and oxygen atoms in total. The monoisotopic (exact) mass is 260 g/mol. The summed E-state index contributed by atoms with van der Waals surface area (Å²) in [6, 6.07) is 8.44. The van der Waals surface area contributed by atoms with Gasteiger partial charge in [0, 0.05) is 17.5 Å². The molecule has 1 aromatic heterocycles. The quantitative estimate of drug-likeness (QED) is 0.772. The second-order valence-corrected chi connectivity index (χ2v) is 4.67. The molecule has 1 heterocycles. The minimum Gasteiger partial charge on any atom is -0.233 e. The number of halogens is 1. The first kappa shape index (κ1) is 13.0. The third-order valence-corrected chi connectivity index (χ3v) is 3.43. The summed E-state index contributed by atoms with van der Waals surface area (Å²) in [4.78, 5) is 8.88. The van der Waals surface area contributed by atoms with E-state index in [1.54, 1.807) is 0 Å². The minimum absolute atomic E-state index is 0.554. The Labute approximate surface area is 113 Å². The topological polar surface area (TPSA) is 25.8 Å². The van der Waals surface area contributed by atoms with Crippen LogP contribution in [0.4, 0.5) is 0 Å². The molecule has 0 radical (unpaired) electrons. The van der Waals surface area contributed by atoms with Crippen molar-refractivity contribution in [1.29, 1.82) is 0 Å². The lowest BCUT2D eigenvalue weighted by molar-refractivity contribution is 0.934. The van der Waals surface area contributed by atoms with E-state index < -0.39 is 0 Å². The molecule has 18 heavy (non-hydrogen) atoms. The first-order valence-electron chi connectivity index (χ1n) is 6.28. The SMILES string of the molecule is CCc1cccc(-c2nc(CC)nc(Cl)c2C)c1. The standard InChI is InChI=1S/C15H17ClN2/c1-4-11-7-6-8-12(9-11)14-10(3)15(16)18-13(5-2)17-14/h6-9H,4-5H2,1-3H3. The van der Waals surface area contributed by atoms with E-state index in [4.69, 9.17) is 11.6 Å². The molecular weight excluding hydrogens is 244 g/mol. The highest BCUT2D eigenvalue weighted by molar-refractivity contribution is 6.30. The number of rotatable bonds is 3. The number of hydrogen-bond donors (Lipinski definition) is 0. The number of hydrogen-bond acceptors (Lipinski definition) is 2. The third kappa shape index (κ3) is 2.54. The highest BCUT2D eigenvalue weighted by atomic mass is 35.5. The van der Waals surface area contributed by atoms with Gasteiger partial charge < -0.3 is 0 Å². The van der Waals surface area contributed by atoms with Gasteiger partial charge in [0.15, 0.2) is 0 Å². The van der Waals surface area contributed by atoms with Crippen molar-refractivity contribution in [3.63, 3.8) is 0 Å². The second-order valence-electron chi connectivity index (χ2n) is 4.31. The van der Waals surface area contributed by atoms with Gasteiger partial charge in [0.1, 0.15) is 11.0 Å². The molecule has 0 bridgehead atoms. The smallest absolute Gasteiger partial charge is 0.136 e. The normalized spacial score (nSPS) is 10.7. The Hall–Kier alpha value is -1.41. The summed E-state index contributed by atoms with van der Waals surface area (Å²) in [6.07, 6.45) is 1.81. The highest BCUT2D eigenvalue weighted by Gasteiger charge is 2.10. The molecule has 94 valence electrons. The van der Waals surface area contributed by atoms with Crippen LogP contribution in [-0.2, 0) is 12.8 Å². The highest BCUT2D eigenvalue weighted by Crippen LogP contribution is 2.26. The van der Waals surface area contributed by atoms with E-state index in [1.165, 1.54) is 5.56 Å². The van der Waals surface area contributed by atoms with Gasteiger partial charge in [-0.05, 0) is 25.0 Å². The average Bonchev–Trinajstić information content (AvgIpc) is 2.41. The van der Waals surface area contributed by atoms with E-state index in [1.807, 2.05) is 13.8 Å². The minimum atomic E-state index is 0.554. The maximum absolute atomic E-state index is 6.17. The van der Waals surface area contributed by atoms with Crippen LogP contribution in [-0.4, -0.2) is 9.97 Å². The van der Waals surface area contributed by atoms with Gasteiger partial charge in [-0.3, -0.25) is 0 Å². The summed E-state index contributed by atoms with van der Waals surface area (Å²) in [5, 5.41) is 0.554. The molecule has 0 spiro atoms. The number of benzene rings is 1. The van der Waals surface area contributed by atoms with Crippen LogP contribution in [0, 0.1) is 6.92 Å². The summed E-state index contributed by atoms with van der Waals surface area (Å²) < 4.78 is 0. The Morgan fingerprint density at radius 1 is 1.11 bits per heavy atom. The zero-order valence-electron chi connectivity index (χ0n) is 11.0. The summed E-state index contributed by atoms with van der Waals surface area (Å²) >= 11 is 6.17. The van der Waals surface area contributed by atoms with E-state index in [2.05, 4.69) is 41.2 Å². The predicted octanol–water partition coefficient (Wildman–Crippen LogP) is 4.23. The van der Waals surface area contributed by atoms with Crippen LogP contribution in [0.25, 0.3) is 11.3 Å². The Morgan fingerprint density at radius 2 is 1.89 bits per heavy atom. The number of aryl methyl sites for hydroxylation is 2. The van der Waals surface area contributed by atoms with E-state index in [0.717, 1.165) is 35.5 Å². The van der Waals surface area contributed by atoms with Crippen LogP contribution in [0.15, 0.2) is 24.3 Å². The molecule has 0 aliphatic carbocycles. The van der Waals surface area contributed by atoms with Crippen molar-refractivity contribution < 1.29 is 0 Å². The first-order valence-corrected chi connectivity index (χ1v) is 6.65. The molecule has 0 atom stereocenters. The van der Waals surface area contributed by atoms with Crippen molar-refractivity contribution in [1.82, 2.24) is 9.97 Å². The second kappa shape index (κ2) is 5.49. The zero-order chi connectivity index (χ0) is 13.1. The molecule has 0 N–H and O–H groups in total. The fourth-order valence-electron chi connectivity index (χ4n) is 1.91. The van der Waals surface area contributed by atoms with E-state index in [-0.39, 0.29) is 0 Å². The molecule has 0 fully saturated rings. The van der Waals surface area contributed by atoms with Gasteiger partial charge >= 0.3 is 0 Å². The molecule has 0 aliphatic rings. The number of nitrogens with zero attached hydrogens (tertiary/aromatic N) is 2. The third-order valence-electron chi connectivity index (χ3n) is 3.06. The molecule has 0 saturated heterocycles. The van der Waals surface area contributed by atoms with E-state index in [9.17, 15) is 0 Å². The summed E-state index contributed by atoms with van der Waals surface area (Å²) in [6.45, 7) is 6.15. The average molecular weight is 261 g/mol. The lowest BCUT2D eigenvalue weighted by Gasteiger charge is -2.09. The van der Waals surface area contributed by atoms with Crippen LogP contribution in [0.5, 0.6) is 0 Å². The summed E-state index contributed by atoms with van der Waals surface area (Å²) in [5.41, 5.74) is 4.31. The Balaban J connectivity index is 2.58. The van der Waals surface area contributed by atoms with Crippen molar-refractivity contribution in [2.45, 2.75) is 33.6 Å². The zero-order valence-corrected chi connectivity index (χ0v) is 11.8. The van der Waals surface area contributed by atoms with E-state index >= 15 is 0 Å². The van der Waals surface area contributed by atoms with Gasteiger partial charge in [-0.15, -0.1) is 0 Å². The lowest BCUT2D eigenvalue weighted by atomic mass is 10.0. The van der Waals surface area contributed by atoms with Crippen LogP contribution < -0.4 is 0 Å². The maximum Gasteiger partial charge on any atom is 0.136 e. The molecule has 0 saturated carbocycles. The molecule has 0 unspecified atom stereocenters. The van der Waals surface area contributed by atoms with Gasteiger partial charge in [-0.1, -0.05) is 43.6 Å². The first-order chi connectivity index (χ1) is 8.65. The van der Waals surface area contributed by atoms with Gasteiger partial charge in [0.25, 0.3) is 0 Å². The fourth-order valence-corrected chi connectivity index (χ4v) is 2.10. The van der Waals surface area contributed by atoms with Crippen molar-refractivity contribution >= 4 is 11.6 Å². The van der Waals surface area contributed by atoms with Crippen LogP contribution >= 0.6 is 11.6 Å². The summed E-state index contributed by atoms with van der Waals surface area (Å²) in [7, 11) is 0. The molecule has 1 aromatic carbocycles. The van der Waals surface area contributed by atoms with Crippen molar-refractivity contribution in [3.8, 4) is 11.3 Å². The van der Waals surface area contributed by atoms with Gasteiger partial charge in [0.05, 0.1) is 5.69 Å². The molecule has 2 rings (SSSR count). The fraction of sp³-hybridized carbons (Fsp3) is 0.333. The van der Waals surface area contributed by atoms with Gasteiger partial charge in [0.2, 0.25) is 0 Å². The van der Waals surface area contributed by atoms with Crippen molar-refractivity contribution in [2.24, 2.45) is 0 Å². The van der Waals surface area contributed by atoms with Gasteiger partial charge in [-0.25, -0.2) is 9.97 Å². The Kier molecular flexibility index (Phi) is 3.97. The Bertz CT molecular complexity index is 564. The maximum atomic E-state index is 6.17. The number of aromatic nitrogens is 2.